The van der Waals surface area contributed by atoms with Crippen molar-refractivity contribution in [3.63, 3.8) is 0 Å². The fourth-order valence-corrected chi connectivity index (χ4v) is 2.72. The van der Waals surface area contributed by atoms with Crippen LogP contribution in [0.2, 0.25) is 5.02 Å². The molecule has 2 heterocycles. The van der Waals surface area contributed by atoms with Gasteiger partial charge in [-0.2, -0.15) is 0 Å². The van der Waals surface area contributed by atoms with E-state index < -0.39 is 4.92 Å². The highest BCUT2D eigenvalue weighted by Crippen LogP contribution is 2.24. The summed E-state index contributed by atoms with van der Waals surface area (Å²) in [6.45, 7) is 0. The number of rotatable bonds is 5. The van der Waals surface area contributed by atoms with Crippen molar-refractivity contribution >= 4 is 35.3 Å². The highest BCUT2D eigenvalue weighted by Gasteiger charge is 2.10. The Morgan fingerprint density at radius 3 is 2.74 bits per heavy atom. The SMILES string of the molecule is O=[N+]([O-])c1ccc(/C=C/Sc2nccn2-c2ccc(Cl)cc2)o1. The predicted octanol–water partition coefficient (Wildman–Crippen LogP) is 4.79. The molecule has 0 N–H and O–H groups in total. The smallest absolute Gasteiger partial charge is 0.401 e. The van der Waals surface area contributed by atoms with Gasteiger partial charge in [0.15, 0.2) is 5.16 Å². The molecule has 116 valence electrons. The zero-order valence-corrected chi connectivity index (χ0v) is 13.2. The molecule has 3 rings (SSSR count). The highest BCUT2D eigenvalue weighted by molar-refractivity contribution is 8.02. The minimum absolute atomic E-state index is 0.280. The number of nitro groups is 1. The van der Waals surface area contributed by atoms with Crippen LogP contribution in [0.3, 0.4) is 0 Å². The van der Waals surface area contributed by atoms with Gasteiger partial charge in [-0.25, -0.2) is 4.98 Å². The molecule has 0 saturated carbocycles. The van der Waals surface area contributed by atoms with E-state index >= 15 is 0 Å². The van der Waals surface area contributed by atoms with Crippen LogP contribution in [-0.2, 0) is 0 Å². The Balaban J connectivity index is 1.73. The van der Waals surface area contributed by atoms with Gasteiger partial charge in [0.2, 0.25) is 0 Å². The predicted molar refractivity (Wildman–Crippen MR) is 88.8 cm³/mol. The van der Waals surface area contributed by atoms with Gasteiger partial charge in [-0.05, 0) is 41.8 Å². The third kappa shape index (κ3) is 3.64. The summed E-state index contributed by atoms with van der Waals surface area (Å²) in [5.74, 6) is 0.131. The van der Waals surface area contributed by atoms with Gasteiger partial charge in [0.1, 0.15) is 10.7 Å². The van der Waals surface area contributed by atoms with Crippen LogP contribution in [-0.4, -0.2) is 14.5 Å². The number of thioether (sulfide) groups is 1. The summed E-state index contributed by atoms with van der Waals surface area (Å²) >= 11 is 7.26. The molecule has 3 aromatic rings. The van der Waals surface area contributed by atoms with Crippen LogP contribution in [0.4, 0.5) is 5.88 Å². The van der Waals surface area contributed by atoms with Crippen molar-refractivity contribution in [2.45, 2.75) is 5.16 Å². The van der Waals surface area contributed by atoms with E-state index in [1.54, 1.807) is 23.7 Å². The van der Waals surface area contributed by atoms with Crippen molar-refractivity contribution in [3.8, 4) is 5.69 Å². The minimum atomic E-state index is -0.572. The summed E-state index contributed by atoms with van der Waals surface area (Å²) in [5.41, 5.74) is 0.941. The second kappa shape index (κ2) is 6.72. The summed E-state index contributed by atoms with van der Waals surface area (Å²) in [5, 5.41) is 13.7. The molecule has 0 aliphatic rings. The first-order chi connectivity index (χ1) is 11.1. The largest absolute Gasteiger partial charge is 0.433 e. The lowest BCUT2D eigenvalue weighted by Crippen LogP contribution is -1.93. The van der Waals surface area contributed by atoms with Gasteiger partial charge in [0.05, 0.1) is 6.07 Å². The molecule has 1 aromatic carbocycles. The van der Waals surface area contributed by atoms with Crippen molar-refractivity contribution in [1.29, 1.82) is 0 Å². The summed E-state index contributed by atoms with van der Waals surface area (Å²) < 4.78 is 6.96. The summed E-state index contributed by atoms with van der Waals surface area (Å²) in [6, 6.07) is 10.3. The maximum atomic E-state index is 10.6. The third-order valence-corrected chi connectivity index (χ3v) is 3.95. The Labute approximate surface area is 140 Å². The zero-order valence-electron chi connectivity index (χ0n) is 11.6. The van der Waals surface area contributed by atoms with Crippen LogP contribution >= 0.6 is 23.4 Å². The van der Waals surface area contributed by atoms with Crippen molar-refractivity contribution < 1.29 is 9.34 Å². The minimum Gasteiger partial charge on any atom is -0.401 e. The molecule has 0 saturated heterocycles. The van der Waals surface area contributed by atoms with E-state index in [1.165, 1.54) is 17.8 Å². The summed E-state index contributed by atoms with van der Waals surface area (Å²) in [6.07, 6.45) is 5.19. The van der Waals surface area contributed by atoms with Crippen LogP contribution < -0.4 is 0 Å². The molecule has 0 aliphatic carbocycles. The lowest BCUT2D eigenvalue weighted by atomic mass is 10.3. The third-order valence-electron chi connectivity index (χ3n) is 2.91. The monoisotopic (exact) mass is 347 g/mol. The van der Waals surface area contributed by atoms with Crippen LogP contribution in [0.25, 0.3) is 11.8 Å². The van der Waals surface area contributed by atoms with Gasteiger partial charge >= 0.3 is 5.88 Å². The van der Waals surface area contributed by atoms with Gasteiger partial charge < -0.3 is 4.42 Å². The average Bonchev–Trinajstić information content (AvgIpc) is 3.18. The van der Waals surface area contributed by atoms with Crippen molar-refractivity contribution in [2.75, 3.05) is 0 Å². The van der Waals surface area contributed by atoms with Crippen LogP contribution in [0.1, 0.15) is 5.76 Å². The first kappa shape index (κ1) is 15.4. The molecule has 0 fully saturated rings. The van der Waals surface area contributed by atoms with Gasteiger partial charge in [-0.1, -0.05) is 23.4 Å². The van der Waals surface area contributed by atoms with Gasteiger partial charge in [0.25, 0.3) is 0 Å². The Kier molecular flexibility index (Phi) is 4.50. The lowest BCUT2D eigenvalue weighted by molar-refractivity contribution is -0.402. The maximum Gasteiger partial charge on any atom is 0.433 e. The van der Waals surface area contributed by atoms with E-state index in [0.717, 1.165) is 10.8 Å². The fourth-order valence-electron chi connectivity index (χ4n) is 1.87. The standard InChI is InChI=1S/C15H10ClN3O3S/c16-11-1-3-12(4-2-11)18-9-8-17-15(18)23-10-7-13-5-6-14(22-13)19(20)21/h1-10H/b10-7+. The normalized spacial score (nSPS) is 11.2. The summed E-state index contributed by atoms with van der Waals surface area (Å²) in [4.78, 5) is 14.3. The van der Waals surface area contributed by atoms with E-state index in [4.69, 9.17) is 16.0 Å². The van der Waals surface area contributed by atoms with Crippen molar-refractivity contribution in [2.24, 2.45) is 0 Å². The van der Waals surface area contributed by atoms with Crippen LogP contribution in [0.15, 0.2) is 63.8 Å². The summed E-state index contributed by atoms with van der Waals surface area (Å²) in [7, 11) is 0. The number of hydrogen-bond donors (Lipinski definition) is 0. The maximum absolute atomic E-state index is 10.6. The Hall–Kier alpha value is -2.51. The number of hydrogen-bond acceptors (Lipinski definition) is 5. The van der Waals surface area contributed by atoms with E-state index in [9.17, 15) is 10.1 Å². The molecule has 6 nitrogen and oxygen atoms in total. The first-order valence-corrected chi connectivity index (χ1v) is 7.76. The fraction of sp³-hybridized carbons (Fsp3) is 0. The van der Waals surface area contributed by atoms with Crippen LogP contribution in [0, 0.1) is 10.1 Å². The topological polar surface area (TPSA) is 74.1 Å². The number of benzene rings is 1. The molecule has 0 amide bonds. The second-order valence-electron chi connectivity index (χ2n) is 4.41. The second-order valence-corrected chi connectivity index (χ2v) is 5.72. The Bertz CT molecular complexity index is 855. The zero-order chi connectivity index (χ0) is 16.2. The molecule has 0 bridgehead atoms. The van der Waals surface area contributed by atoms with E-state index in [1.807, 2.05) is 35.0 Å². The van der Waals surface area contributed by atoms with Crippen LogP contribution in [0.5, 0.6) is 0 Å². The number of nitrogens with zero attached hydrogens (tertiary/aromatic N) is 3. The Morgan fingerprint density at radius 2 is 2.04 bits per heavy atom. The molecular formula is C15H10ClN3O3S. The lowest BCUT2D eigenvalue weighted by Gasteiger charge is -2.05. The quantitative estimate of drug-likeness (QED) is 0.377. The number of imidazole rings is 1. The molecule has 2 aromatic heterocycles. The average molecular weight is 348 g/mol. The van der Waals surface area contributed by atoms with Crippen molar-refractivity contribution in [1.82, 2.24) is 9.55 Å². The number of aromatic nitrogens is 2. The molecule has 8 heteroatoms. The number of furan rings is 1. The molecular weight excluding hydrogens is 338 g/mol. The first-order valence-electron chi connectivity index (χ1n) is 6.50. The highest BCUT2D eigenvalue weighted by atomic mass is 35.5. The molecule has 0 unspecified atom stereocenters. The Morgan fingerprint density at radius 1 is 1.26 bits per heavy atom. The van der Waals surface area contributed by atoms with Gasteiger partial charge in [-0.15, -0.1) is 0 Å². The van der Waals surface area contributed by atoms with Gasteiger partial charge in [0, 0.05) is 23.1 Å². The van der Waals surface area contributed by atoms with E-state index in [2.05, 4.69) is 4.98 Å². The number of halogens is 1. The van der Waals surface area contributed by atoms with Gasteiger partial charge in [-0.3, -0.25) is 14.7 Å². The molecule has 0 atom stereocenters. The molecule has 0 aliphatic heterocycles. The molecule has 23 heavy (non-hydrogen) atoms. The molecule has 0 radical (unpaired) electrons. The van der Waals surface area contributed by atoms with Crippen molar-refractivity contribution in [3.05, 3.63) is 75.1 Å². The van der Waals surface area contributed by atoms with E-state index in [0.29, 0.717) is 10.8 Å². The van der Waals surface area contributed by atoms with E-state index in [-0.39, 0.29) is 5.88 Å². The molecule has 0 spiro atoms.